The van der Waals surface area contributed by atoms with Crippen LogP contribution in [0.3, 0.4) is 0 Å². The summed E-state index contributed by atoms with van der Waals surface area (Å²) in [4.78, 5) is 24.7. The van der Waals surface area contributed by atoms with Gasteiger partial charge in [-0.25, -0.2) is 4.68 Å². The third kappa shape index (κ3) is 3.68. The fourth-order valence-electron chi connectivity index (χ4n) is 2.13. The van der Waals surface area contributed by atoms with Gasteiger partial charge in [0.1, 0.15) is 0 Å². The quantitative estimate of drug-likeness (QED) is 0.902. The molecule has 8 heteroatoms. The van der Waals surface area contributed by atoms with E-state index in [9.17, 15) is 9.59 Å². The minimum atomic E-state index is -0.955. The highest BCUT2D eigenvalue weighted by Crippen LogP contribution is 2.17. The molecule has 2 rings (SSSR count). The average Bonchev–Trinajstić information content (AvgIpc) is 2.87. The first-order valence-corrected chi connectivity index (χ1v) is 7.35. The number of hydrogen-bond donors (Lipinski definition) is 1. The van der Waals surface area contributed by atoms with Crippen molar-refractivity contribution in [3.63, 3.8) is 0 Å². The molecule has 0 radical (unpaired) electrons. The van der Waals surface area contributed by atoms with Crippen molar-refractivity contribution < 1.29 is 14.7 Å². The van der Waals surface area contributed by atoms with Crippen LogP contribution in [0.1, 0.15) is 23.1 Å². The smallest absolute Gasteiger partial charge is 0.308 e. The largest absolute Gasteiger partial charge is 0.481 e. The lowest BCUT2D eigenvalue weighted by molar-refractivity contribution is -0.141. The predicted octanol–water partition coefficient (Wildman–Crippen LogP) is 2.02. The molecular formula is C15H17ClN4O3. The van der Waals surface area contributed by atoms with Gasteiger partial charge >= 0.3 is 5.97 Å². The Bertz CT molecular complexity index is 744. The number of carbonyl (C=O) groups is 2. The Kier molecular flexibility index (Phi) is 5.00. The minimum Gasteiger partial charge on any atom is -0.481 e. The fourth-order valence-corrected chi connectivity index (χ4v) is 2.32. The number of aliphatic carboxylic acids is 1. The Balaban J connectivity index is 2.25. The zero-order valence-electron chi connectivity index (χ0n) is 13.0. The number of carboxylic acids is 1. The summed E-state index contributed by atoms with van der Waals surface area (Å²) in [5.41, 5.74) is 1.44. The van der Waals surface area contributed by atoms with Crippen LogP contribution in [0, 0.1) is 12.8 Å². The Hall–Kier alpha value is -2.41. The molecule has 0 saturated heterocycles. The Morgan fingerprint density at radius 2 is 2.13 bits per heavy atom. The van der Waals surface area contributed by atoms with Gasteiger partial charge in [0, 0.05) is 18.6 Å². The van der Waals surface area contributed by atoms with E-state index >= 15 is 0 Å². The van der Waals surface area contributed by atoms with Gasteiger partial charge < -0.3 is 10.0 Å². The van der Waals surface area contributed by atoms with E-state index in [1.807, 2.05) is 0 Å². The van der Waals surface area contributed by atoms with E-state index in [1.165, 1.54) is 9.58 Å². The highest BCUT2D eigenvalue weighted by Gasteiger charge is 2.23. The van der Waals surface area contributed by atoms with Crippen molar-refractivity contribution in [2.75, 3.05) is 13.6 Å². The highest BCUT2D eigenvalue weighted by molar-refractivity contribution is 6.30. The zero-order valence-corrected chi connectivity index (χ0v) is 13.8. The number of amides is 1. The molecule has 2 aromatic rings. The lowest BCUT2D eigenvalue weighted by Crippen LogP contribution is -2.34. The van der Waals surface area contributed by atoms with Crippen LogP contribution in [0.15, 0.2) is 24.3 Å². The lowest BCUT2D eigenvalue weighted by Gasteiger charge is -2.18. The van der Waals surface area contributed by atoms with E-state index in [0.717, 1.165) is 0 Å². The van der Waals surface area contributed by atoms with E-state index < -0.39 is 11.9 Å². The molecular weight excluding hydrogens is 320 g/mol. The van der Waals surface area contributed by atoms with Crippen molar-refractivity contribution in [2.45, 2.75) is 13.8 Å². The van der Waals surface area contributed by atoms with Gasteiger partial charge in [-0.15, -0.1) is 5.10 Å². The number of carbonyl (C=O) groups excluding carboxylic acids is 1. The first-order valence-electron chi connectivity index (χ1n) is 6.97. The van der Waals surface area contributed by atoms with E-state index in [1.54, 1.807) is 45.2 Å². The van der Waals surface area contributed by atoms with Gasteiger partial charge in [0.2, 0.25) is 0 Å². The molecule has 0 saturated carbocycles. The Morgan fingerprint density at radius 1 is 1.43 bits per heavy atom. The second-order valence-electron chi connectivity index (χ2n) is 5.34. The van der Waals surface area contributed by atoms with E-state index in [0.29, 0.717) is 16.4 Å². The van der Waals surface area contributed by atoms with Crippen LogP contribution < -0.4 is 0 Å². The predicted molar refractivity (Wildman–Crippen MR) is 84.9 cm³/mol. The van der Waals surface area contributed by atoms with Crippen LogP contribution in [0.5, 0.6) is 0 Å². The lowest BCUT2D eigenvalue weighted by atomic mass is 10.1. The second-order valence-corrected chi connectivity index (χ2v) is 5.78. The van der Waals surface area contributed by atoms with Gasteiger partial charge in [-0.3, -0.25) is 9.59 Å². The van der Waals surface area contributed by atoms with Gasteiger partial charge in [-0.2, -0.15) is 0 Å². The summed E-state index contributed by atoms with van der Waals surface area (Å²) >= 11 is 5.96. The molecule has 1 amide bonds. The number of nitrogens with zero attached hydrogens (tertiary/aromatic N) is 4. The molecule has 0 bridgehead atoms. The molecule has 1 atom stereocenters. The maximum absolute atomic E-state index is 12.4. The second kappa shape index (κ2) is 6.78. The number of hydrogen-bond acceptors (Lipinski definition) is 4. The van der Waals surface area contributed by atoms with Gasteiger partial charge in [0.25, 0.3) is 5.91 Å². The number of benzene rings is 1. The van der Waals surface area contributed by atoms with E-state index in [4.69, 9.17) is 16.7 Å². The topological polar surface area (TPSA) is 88.3 Å². The van der Waals surface area contributed by atoms with Crippen molar-refractivity contribution in [3.05, 3.63) is 40.7 Å². The summed E-state index contributed by atoms with van der Waals surface area (Å²) < 4.78 is 1.52. The van der Waals surface area contributed by atoms with E-state index in [-0.39, 0.29) is 18.1 Å². The first kappa shape index (κ1) is 17.0. The van der Waals surface area contributed by atoms with Crippen molar-refractivity contribution in [2.24, 2.45) is 5.92 Å². The summed E-state index contributed by atoms with van der Waals surface area (Å²) in [5.74, 6) is -1.99. The van der Waals surface area contributed by atoms with Gasteiger partial charge in [0.05, 0.1) is 17.3 Å². The van der Waals surface area contributed by atoms with Gasteiger partial charge in [0.15, 0.2) is 5.69 Å². The SMILES string of the molecule is Cc1c(C(=O)N(C)C[C@H](C)C(=O)O)nnn1-c1cccc(Cl)c1. The van der Waals surface area contributed by atoms with E-state index in [2.05, 4.69) is 10.3 Å². The maximum atomic E-state index is 12.4. The Morgan fingerprint density at radius 3 is 2.74 bits per heavy atom. The standard InChI is InChI=1S/C15H17ClN4O3/c1-9(15(22)23)8-19(3)14(21)13-10(2)20(18-17-13)12-6-4-5-11(16)7-12/h4-7,9H,8H2,1-3H3,(H,22,23)/t9-/m0/s1. The van der Waals surface area contributed by atoms with Crippen LogP contribution in [-0.2, 0) is 4.79 Å². The van der Waals surface area contributed by atoms with Crippen molar-refractivity contribution in [1.82, 2.24) is 19.9 Å². The molecule has 1 heterocycles. The van der Waals surface area contributed by atoms with Crippen LogP contribution >= 0.6 is 11.6 Å². The monoisotopic (exact) mass is 336 g/mol. The Labute approximate surface area is 138 Å². The number of carboxylic acid groups (broad SMARTS) is 1. The molecule has 23 heavy (non-hydrogen) atoms. The number of rotatable bonds is 5. The fraction of sp³-hybridized carbons (Fsp3) is 0.333. The minimum absolute atomic E-state index is 0.0949. The molecule has 0 unspecified atom stereocenters. The van der Waals surface area contributed by atoms with Crippen molar-refractivity contribution >= 4 is 23.5 Å². The number of halogens is 1. The van der Waals surface area contributed by atoms with Crippen LogP contribution in [0.2, 0.25) is 5.02 Å². The zero-order chi connectivity index (χ0) is 17.1. The molecule has 0 aliphatic carbocycles. The first-order chi connectivity index (χ1) is 10.8. The summed E-state index contributed by atoms with van der Waals surface area (Å²) in [7, 11) is 1.54. The highest BCUT2D eigenvalue weighted by atomic mass is 35.5. The molecule has 1 aromatic carbocycles. The summed E-state index contributed by atoms with van der Waals surface area (Å²) in [5, 5.41) is 17.4. The molecule has 0 aliphatic heterocycles. The van der Waals surface area contributed by atoms with Crippen LogP contribution in [-0.4, -0.2) is 50.5 Å². The normalized spacial score (nSPS) is 12.0. The van der Waals surface area contributed by atoms with Crippen molar-refractivity contribution in [3.8, 4) is 5.69 Å². The maximum Gasteiger partial charge on any atom is 0.308 e. The molecule has 0 spiro atoms. The molecule has 0 aliphatic rings. The molecule has 7 nitrogen and oxygen atoms in total. The summed E-state index contributed by atoms with van der Waals surface area (Å²) in [6.45, 7) is 3.36. The molecule has 122 valence electrons. The van der Waals surface area contributed by atoms with Crippen molar-refractivity contribution in [1.29, 1.82) is 0 Å². The summed E-state index contributed by atoms with van der Waals surface area (Å²) in [6.07, 6.45) is 0. The van der Waals surface area contributed by atoms with Crippen LogP contribution in [0.25, 0.3) is 5.69 Å². The van der Waals surface area contributed by atoms with Gasteiger partial charge in [-0.05, 0) is 25.1 Å². The average molecular weight is 337 g/mol. The van der Waals surface area contributed by atoms with Crippen LogP contribution in [0.4, 0.5) is 0 Å². The molecule has 0 fully saturated rings. The third-order valence-electron chi connectivity index (χ3n) is 3.47. The number of aromatic nitrogens is 3. The summed E-state index contributed by atoms with van der Waals surface area (Å²) in [6, 6.07) is 7.04. The molecule has 1 aromatic heterocycles. The third-order valence-corrected chi connectivity index (χ3v) is 3.70. The molecule has 1 N–H and O–H groups in total. The van der Waals surface area contributed by atoms with Gasteiger partial charge in [-0.1, -0.05) is 29.8 Å².